The van der Waals surface area contributed by atoms with Crippen LogP contribution < -0.4 is 5.32 Å². The summed E-state index contributed by atoms with van der Waals surface area (Å²) in [5, 5.41) is 7.70. The molecule has 112 valence electrons. The summed E-state index contributed by atoms with van der Waals surface area (Å²) in [6.07, 6.45) is 6.22. The van der Waals surface area contributed by atoms with Crippen LogP contribution in [0.5, 0.6) is 0 Å². The number of nitrogens with one attached hydrogen (secondary N) is 1. The maximum absolute atomic E-state index is 13.1. The van der Waals surface area contributed by atoms with E-state index in [1.165, 1.54) is 6.07 Å². The Morgan fingerprint density at radius 1 is 1.48 bits per heavy atom. The normalized spacial score (nSPS) is 18.1. The molecule has 1 saturated heterocycles. The van der Waals surface area contributed by atoms with Gasteiger partial charge in [0.25, 0.3) is 0 Å². The van der Waals surface area contributed by atoms with Crippen LogP contribution in [0.1, 0.15) is 18.4 Å². The second-order valence-corrected chi connectivity index (χ2v) is 5.60. The van der Waals surface area contributed by atoms with E-state index < -0.39 is 5.82 Å². The van der Waals surface area contributed by atoms with Crippen molar-refractivity contribution in [2.45, 2.75) is 32.0 Å². The Morgan fingerprint density at radius 2 is 2.38 bits per heavy atom. The molecule has 1 aromatic heterocycles. The zero-order valence-corrected chi connectivity index (χ0v) is 12.3. The number of anilines is 1. The zero-order chi connectivity index (χ0) is 14.7. The fourth-order valence-corrected chi connectivity index (χ4v) is 2.61. The van der Waals surface area contributed by atoms with Gasteiger partial charge >= 0.3 is 0 Å². The largest absolute Gasteiger partial charge is 0.378 e. The molecule has 1 N–H and O–H groups in total. The molecule has 0 radical (unpaired) electrons. The number of aromatic nitrogens is 2. The van der Waals surface area contributed by atoms with E-state index in [1.54, 1.807) is 18.3 Å². The monoisotopic (exact) mass is 309 g/mol. The zero-order valence-electron chi connectivity index (χ0n) is 11.6. The highest BCUT2D eigenvalue weighted by molar-refractivity contribution is 6.30. The number of nitrogens with zero attached hydrogens (tertiary/aromatic N) is 2. The lowest BCUT2D eigenvalue weighted by atomic mass is 10.2. The average molecular weight is 310 g/mol. The molecule has 2 aromatic rings. The van der Waals surface area contributed by atoms with Crippen LogP contribution in [-0.2, 0) is 17.8 Å². The molecular weight excluding hydrogens is 293 g/mol. The molecule has 1 aliphatic heterocycles. The molecule has 1 atom stereocenters. The lowest BCUT2D eigenvalue weighted by Gasteiger charge is -2.08. The third kappa shape index (κ3) is 3.74. The van der Waals surface area contributed by atoms with E-state index in [2.05, 4.69) is 10.4 Å². The molecule has 4 nitrogen and oxygen atoms in total. The van der Waals surface area contributed by atoms with Gasteiger partial charge in [-0.05, 0) is 30.5 Å². The van der Waals surface area contributed by atoms with Crippen LogP contribution >= 0.6 is 11.6 Å². The van der Waals surface area contributed by atoms with Crippen molar-refractivity contribution >= 4 is 17.3 Å². The number of benzene rings is 1. The summed E-state index contributed by atoms with van der Waals surface area (Å²) >= 11 is 5.76. The van der Waals surface area contributed by atoms with E-state index >= 15 is 0 Å². The molecule has 1 unspecified atom stereocenters. The van der Waals surface area contributed by atoms with Crippen LogP contribution in [0.2, 0.25) is 5.02 Å². The van der Waals surface area contributed by atoms with Gasteiger partial charge < -0.3 is 10.1 Å². The molecule has 1 aliphatic rings. The topological polar surface area (TPSA) is 39.1 Å². The molecule has 0 saturated carbocycles. The Bertz CT molecular complexity index is 611. The van der Waals surface area contributed by atoms with Crippen molar-refractivity contribution in [3.8, 4) is 0 Å². The third-order valence-corrected chi connectivity index (χ3v) is 3.82. The molecule has 2 heterocycles. The summed E-state index contributed by atoms with van der Waals surface area (Å²) in [7, 11) is 0. The van der Waals surface area contributed by atoms with Crippen LogP contribution in [0.4, 0.5) is 10.1 Å². The number of rotatable bonds is 5. The highest BCUT2D eigenvalue weighted by Gasteiger charge is 2.16. The Kier molecular flexibility index (Phi) is 4.41. The van der Waals surface area contributed by atoms with Crippen LogP contribution in [-0.4, -0.2) is 22.5 Å². The first-order chi connectivity index (χ1) is 10.2. The predicted molar refractivity (Wildman–Crippen MR) is 79.9 cm³/mol. The molecule has 1 aromatic carbocycles. The lowest BCUT2D eigenvalue weighted by molar-refractivity contribution is 0.0940. The van der Waals surface area contributed by atoms with Crippen molar-refractivity contribution in [3.05, 3.63) is 47.0 Å². The quantitative estimate of drug-likeness (QED) is 0.919. The first-order valence-electron chi connectivity index (χ1n) is 7.02. The van der Waals surface area contributed by atoms with Gasteiger partial charge in [0.05, 0.1) is 29.6 Å². The summed E-state index contributed by atoms with van der Waals surface area (Å²) in [6, 6.07) is 4.71. The summed E-state index contributed by atoms with van der Waals surface area (Å²) < 4.78 is 20.6. The van der Waals surface area contributed by atoms with E-state index in [0.717, 1.165) is 37.2 Å². The first-order valence-corrected chi connectivity index (χ1v) is 7.40. The van der Waals surface area contributed by atoms with E-state index in [4.69, 9.17) is 16.3 Å². The van der Waals surface area contributed by atoms with Gasteiger partial charge in [-0.1, -0.05) is 17.7 Å². The highest BCUT2D eigenvalue weighted by atomic mass is 35.5. The molecule has 0 aliphatic carbocycles. The molecule has 3 rings (SSSR count). The maximum atomic E-state index is 13.1. The van der Waals surface area contributed by atoms with Gasteiger partial charge in [0.15, 0.2) is 0 Å². The van der Waals surface area contributed by atoms with Gasteiger partial charge in [-0.3, -0.25) is 4.68 Å². The Hall–Kier alpha value is -1.59. The first kappa shape index (κ1) is 14.4. The Labute approximate surface area is 127 Å². The van der Waals surface area contributed by atoms with Crippen molar-refractivity contribution in [1.29, 1.82) is 0 Å². The van der Waals surface area contributed by atoms with Gasteiger partial charge in [0.2, 0.25) is 0 Å². The van der Waals surface area contributed by atoms with Crippen molar-refractivity contribution in [3.63, 3.8) is 0 Å². The number of hydrogen-bond acceptors (Lipinski definition) is 3. The van der Waals surface area contributed by atoms with Crippen molar-refractivity contribution in [2.24, 2.45) is 0 Å². The molecular formula is C15H17ClFN3O. The van der Waals surface area contributed by atoms with E-state index in [0.29, 0.717) is 6.54 Å². The van der Waals surface area contributed by atoms with Gasteiger partial charge in [-0.25, -0.2) is 4.39 Å². The minimum Gasteiger partial charge on any atom is -0.378 e. The van der Waals surface area contributed by atoms with Crippen LogP contribution in [0, 0.1) is 5.82 Å². The average Bonchev–Trinajstić information content (AvgIpc) is 3.13. The van der Waals surface area contributed by atoms with Crippen LogP contribution in [0.15, 0.2) is 30.6 Å². The second-order valence-electron chi connectivity index (χ2n) is 5.19. The second kappa shape index (κ2) is 6.45. The van der Waals surface area contributed by atoms with Crippen LogP contribution in [0.25, 0.3) is 0 Å². The Morgan fingerprint density at radius 3 is 3.14 bits per heavy atom. The minimum absolute atomic E-state index is 0.142. The lowest BCUT2D eigenvalue weighted by Crippen LogP contribution is -2.15. The fourth-order valence-electron chi connectivity index (χ4n) is 2.41. The standard InChI is InChI=1S/C15H17ClFN3O/c16-14-6-11(3-4-15(14)17)7-18-12-8-19-20(9-12)10-13-2-1-5-21-13/h3-4,6,8-9,13,18H,1-2,5,7,10H2. The van der Waals surface area contributed by atoms with Crippen molar-refractivity contribution in [2.75, 3.05) is 11.9 Å². The Balaban J connectivity index is 1.55. The number of hydrogen-bond donors (Lipinski definition) is 1. The molecule has 21 heavy (non-hydrogen) atoms. The van der Waals surface area contributed by atoms with E-state index in [-0.39, 0.29) is 11.1 Å². The van der Waals surface area contributed by atoms with E-state index in [1.807, 2.05) is 10.9 Å². The fraction of sp³-hybridized carbons (Fsp3) is 0.400. The smallest absolute Gasteiger partial charge is 0.141 e. The van der Waals surface area contributed by atoms with Gasteiger partial charge in [0.1, 0.15) is 5.82 Å². The number of halogens is 2. The third-order valence-electron chi connectivity index (χ3n) is 3.53. The highest BCUT2D eigenvalue weighted by Crippen LogP contribution is 2.18. The van der Waals surface area contributed by atoms with Gasteiger partial charge in [-0.2, -0.15) is 5.10 Å². The maximum Gasteiger partial charge on any atom is 0.141 e. The van der Waals surface area contributed by atoms with Gasteiger partial charge in [0, 0.05) is 19.3 Å². The van der Waals surface area contributed by atoms with E-state index in [9.17, 15) is 4.39 Å². The van der Waals surface area contributed by atoms with Crippen molar-refractivity contribution in [1.82, 2.24) is 9.78 Å². The molecule has 0 bridgehead atoms. The summed E-state index contributed by atoms with van der Waals surface area (Å²) in [6.45, 7) is 2.21. The molecule has 1 fully saturated rings. The summed E-state index contributed by atoms with van der Waals surface area (Å²) in [4.78, 5) is 0. The molecule has 6 heteroatoms. The van der Waals surface area contributed by atoms with Crippen LogP contribution in [0.3, 0.4) is 0 Å². The van der Waals surface area contributed by atoms with Crippen molar-refractivity contribution < 1.29 is 9.13 Å². The summed E-state index contributed by atoms with van der Waals surface area (Å²) in [5.41, 5.74) is 1.85. The summed E-state index contributed by atoms with van der Waals surface area (Å²) in [5.74, 6) is -0.398. The molecule has 0 spiro atoms. The SMILES string of the molecule is Fc1ccc(CNc2cnn(CC3CCCO3)c2)cc1Cl. The molecule has 0 amide bonds. The minimum atomic E-state index is -0.398. The number of ether oxygens (including phenoxy) is 1. The predicted octanol–water partition coefficient (Wildman–Crippen LogP) is 3.47. The van der Waals surface area contributed by atoms with Gasteiger partial charge in [-0.15, -0.1) is 0 Å².